The molecule has 0 atom stereocenters. The van der Waals surface area contributed by atoms with Crippen LogP contribution < -0.4 is 11.3 Å². The number of nitrogens with zero attached hydrogens (tertiary/aromatic N) is 1. The standard InChI is InChI=1S/C10H16N2.HNO3/c1-3-8-6-5-7-9(4-2)10(8)12-11;2-1(3)4/h5-7,12H,3-4,11H2,1-2H3;(H,2,3,4). The van der Waals surface area contributed by atoms with E-state index in [4.69, 9.17) is 21.2 Å². The highest BCUT2D eigenvalue weighted by atomic mass is 16.9. The van der Waals surface area contributed by atoms with Crippen molar-refractivity contribution in [1.82, 2.24) is 0 Å². The van der Waals surface area contributed by atoms with E-state index in [0.29, 0.717) is 0 Å². The lowest BCUT2D eigenvalue weighted by Crippen LogP contribution is -2.11. The van der Waals surface area contributed by atoms with Gasteiger partial charge in [-0.1, -0.05) is 32.0 Å². The van der Waals surface area contributed by atoms with E-state index >= 15 is 0 Å². The summed E-state index contributed by atoms with van der Waals surface area (Å²) in [6.07, 6.45) is 2.04. The Balaban J connectivity index is 0.000000487. The number of hydrogen-bond acceptors (Lipinski definition) is 4. The van der Waals surface area contributed by atoms with Crippen molar-refractivity contribution in [3.05, 3.63) is 39.4 Å². The fourth-order valence-corrected chi connectivity index (χ4v) is 1.43. The van der Waals surface area contributed by atoms with E-state index in [2.05, 4.69) is 37.5 Å². The largest absolute Gasteiger partial charge is 0.328 e. The summed E-state index contributed by atoms with van der Waals surface area (Å²) in [5.74, 6) is 5.45. The van der Waals surface area contributed by atoms with Crippen molar-refractivity contribution in [2.24, 2.45) is 5.84 Å². The number of nitrogens with one attached hydrogen (secondary N) is 1. The molecule has 0 aliphatic rings. The topological polar surface area (TPSA) is 101 Å². The number of anilines is 1. The Morgan fingerprint density at radius 2 is 1.75 bits per heavy atom. The third-order valence-electron chi connectivity index (χ3n) is 2.14. The van der Waals surface area contributed by atoms with E-state index in [0.717, 1.165) is 18.5 Å². The van der Waals surface area contributed by atoms with Crippen molar-refractivity contribution in [3.63, 3.8) is 0 Å². The highest BCUT2D eigenvalue weighted by Gasteiger charge is 2.02. The maximum Gasteiger partial charge on any atom is 0.291 e. The Morgan fingerprint density at radius 1 is 1.38 bits per heavy atom. The second kappa shape index (κ2) is 7.47. The molecule has 0 aliphatic heterocycles. The van der Waals surface area contributed by atoms with Crippen LogP contribution in [0.1, 0.15) is 25.0 Å². The molecular formula is C10H17N3O3. The van der Waals surface area contributed by atoms with E-state index in [1.54, 1.807) is 0 Å². The van der Waals surface area contributed by atoms with Gasteiger partial charge in [0.15, 0.2) is 0 Å². The highest BCUT2D eigenvalue weighted by Crippen LogP contribution is 2.20. The summed E-state index contributed by atoms with van der Waals surface area (Å²) in [6, 6.07) is 6.29. The molecule has 0 bridgehead atoms. The molecule has 4 N–H and O–H groups in total. The average molecular weight is 227 g/mol. The van der Waals surface area contributed by atoms with Crippen molar-refractivity contribution in [2.45, 2.75) is 26.7 Å². The van der Waals surface area contributed by atoms with Crippen LogP contribution in [0.5, 0.6) is 0 Å². The molecule has 0 radical (unpaired) electrons. The first-order chi connectivity index (χ1) is 7.56. The Labute approximate surface area is 94.2 Å². The van der Waals surface area contributed by atoms with Crippen molar-refractivity contribution in [3.8, 4) is 0 Å². The maximum atomic E-state index is 8.36. The summed E-state index contributed by atoms with van der Waals surface area (Å²) >= 11 is 0. The predicted octanol–water partition coefficient (Wildman–Crippen LogP) is 1.75. The predicted molar refractivity (Wildman–Crippen MR) is 61.8 cm³/mol. The second-order valence-corrected chi connectivity index (χ2v) is 3.04. The van der Waals surface area contributed by atoms with Gasteiger partial charge in [0.2, 0.25) is 0 Å². The molecule has 0 fully saturated rings. The van der Waals surface area contributed by atoms with Crippen LogP contribution in [-0.4, -0.2) is 10.3 Å². The van der Waals surface area contributed by atoms with E-state index < -0.39 is 5.09 Å². The molecule has 0 unspecified atom stereocenters. The van der Waals surface area contributed by atoms with E-state index in [9.17, 15) is 0 Å². The van der Waals surface area contributed by atoms with Crippen LogP contribution in [0.3, 0.4) is 0 Å². The number of hydrazine groups is 1. The van der Waals surface area contributed by atoms with E-state index in [1.165, 1.54) is 11.1 Å². The first kappa shape index (κ1) is 14.2. The quantitative estimate of drug-likeness (QED) is 0.415. The first-order valence-corrected chi connectivity index (χ1v) is 4.97. The molecule has 0 saturated carbocycles. The van der Waals surface area contributed by atoms with Gasteiger partial charge < -0.3 is 10.6 Å². The van der Waals surface area contributed by atoms with Crippen molar-refractivity contribution in [2.75, 3.05) is 5.43 Å². The Kier molecular flexibility index (Phi) is 6.62. The zero-order valence-corrected chi connectivity index (χ0v) is 9.43. The van der Waals surface area contributed by atoms with Gasteiger partial charge in [0, 0.05) is 0 Å². The maximum absolute atomic E-state index is 8.36. The summed E-state index contributed by atoms with van der Waals surface area (Å²) in [5, 5.41) is 13.6. The van der Waals surface area contributed by atoms with Crippen molar-refractivity contribution in [1.29, 1.82) is 0 Å². The number of hydrogen-bond donors (Lipinski definition) is 3. The van der Waals surface area contributed by atoms with Crippen LogP contribution in [0.2, 0.25) is 0 Å². The monoisotopic (exact) mass is 227 g/mol. The van der Waals surface area contributed by atoms with Crippen LogP contribution >= 0.6 is 0 Å². The zero-order valence-electron chi connectivity index (χ0n) is 9.43. The Morgan fingerprint density at radius 3 is 2.00 bits per heavy atom. The minimum Gasteiger partial charge on any atom is -0.328 e. The smallest absolute Gasteiger partial charge is 0.291 e. The van der Waals surface area contributed by atoms with Gasteiger partial charge in [0.25, 0.3) is 5.09 Å². The number of aryl methyl sites for hydroxylation is 2. The lowest BCUT2D eigenvalue weighted by Gasteiger charge is -2.11. The van der Waals surface area contributed by atoms with Crippen LogP contribution in [-0.2, 0) is 12.8 Å². The second-order valence-electron chi connectivity index (χ2n) is 3.04. The molecule has 1 aromatic rings. The molecule has 6 heteroatoms. The van der Waals surface area contributed by atoms with Gasteiger partial charge in [0.05, 0.1) is 5.69 Å². The average Bonchev–Trinajstić information content (AvgIpc) is 2.26. The summed E-state index contributed by atoms with van der Waals surface area (Å²) in [4.78, 5) is 8.36. The van der Waals surface area contributed by atoms with Gasteiger partial charge in [-0.15, -0.1) is 10.1 Å². The molecule has 16 heavy (non-hydrogen) atoms. The summed E-state index contributed by atoms with van der Waals surface area (Å²) in [6.45, 7) is 4.27. The number of benzene rings is 1. The summed E-state index contributed by atoms with van der Waals surface area (Å²) < 4.78 is 0. The molecule has 0 spiro atoms. The Hall–Kier alpha value is -1.82. The third kappa shape index (κ3) is 4.61. The lowest BCUT2D eigenvalue weighted by atomic mass is 10.0. The number of para-hydroxylation sites is 1. The highest BCUT2D eigenvalue weighted by molar-refractivity contribution is 5.56. The summed E-state index contributed by atoms with van der Waals surface area (Å²) in [7, 11) is 0. The number of nitrogens with two attached hydrogens (primary N) is 1. The number of nitrogen functional groups attached to an aromatic ring is 1. The van der Waals surface area contributed by atoms with Gasteiger partial charge in [-0.3, -0.25) is 5.84 Å². The summed E-state index contributed by atoms with van der Waals surface area (Å²) in [5.41, 5.74) is 6.44. The van der Waals surface area contributed by atoms with Crippen molar-refractivity contribution < 1.29 is 10.3 Å². The minimum atomic E-state index is -1.50. The minimum absolute atomic E-state index is 1.02. The molecular weight excluding hydrogens is 210 g/mol. The molecule has 1 rings (SSSR count). The molecule has 0 saturated heterocycles. The molecule has 0 aromatic heterocycles. The molecule has 0 amide bonds. The zero-order chi connectivity index (χ0) is 12.6. The Bertz CT molecular complexity index is 316. The number of rotatable bonds is 3. The molecule has 0 heterocycles. The van der Waals surface area contributed by atoms with Crippen LogP contribution in [0.4, 0.5) is 5.69 Å². The molecule has 6 nitrogen and oxygen atoms in total. The van der Waals surface area contributed by atoms with Crippen molar-refractivity contribution >= 4 is 5.69 Å². The SMILES string of the molecule is CCc1cccc(CC)c1NN.O=[N+]([O-])O. The fourth-order valence-electron chi connectivity index (χ4n) is 1.43. The lowest BCUT2D eigenvalue weighted by molar-refractivity contribution is -0.742. The van der Waals surface area contributed by atoms with E-state index in [-0.39, 0.29) is 0 Å². The van der Waals surface area contributed by atoms with Gasteiger partial charge in [-0.05, 0) is 24.0 Å². The van der Waals surface area contributed by atoms with Crippen LogP contribution in [0.15, 0.2) is 18.2 Å². The van der Waals surface area contributed by atoms with Gasteiger partial charge in [-0.25, -0.2) is 0 Å². The van der Waals surface area contributed by atoms with Gasteiger partial charge >= 0.3 is 0 Å². The third-order valence-corrected chi connectivity index (χ3v) is 2.14. The molecule has 1 aromatic carbocycles. The van der Waals surface area contributed by atoms with Gasteiger partial charge in [-0.2, -0.15) is 0 Å². The normalized spacial score (nSPS) is 8.94. The molecule has 0 aliphatic carbocycles. The van der Waals surface area contributed by atoms with Crippen LogP contribution in [0.25, 0.3) is 0 Å². The molecule has 90 valence electrons. The van der Waals surface area contributed by atoms with Gasteiger partial charge in [0.1, 0.15) is 0 Å². The van der Waals surface area contributed by atoms with E-state index in [1.807, 2.05) is 0 Å². The fraction of sp³-hybridized carbons (Fsp3) is 0.400. The first-order valence-electron chi connectivity index (χ1n) is 4.97. The van der Waals surface area contributed by atoms with Crippen LogP contribution in [0, 0.1) is 10.1 Å².